The second kappa shape index (κ2) is 30.1. The van der Waals surface area contributed by atoms with Gasteiger partial charge in [0, 0.05) is 6.54 Å². The first-order valence-electron chi connectivity index (χ1n) is 14.4. The minimum absolute atomic E-state index is 0.236. The van der Waals surface area contributed by atoms with Crippen LogP contribution in [0.25, 0.3) is 0 Å². The van der Waals surface area contributed by atoms with Crippen LogP contribution in [0.5, 0.6) is 0 Å². The second-order valence-corrected chi connectivity index (χ2v) is 8.44. The molecule has 0 spiro atoms. The molecule has 0 aliphatic heterocycles. The predicted molar refractivity (Wildman–Crippen MR) is 152 cm³/mol. The van der Waals surface area contributed by atoms with Gasteiger partial charge in [-0.05, 0) is 12.5 Å². The van der Waals surface area contributed by atoms with E-state index in [2.05, 4.69) is 5.32 Å². The van der Waals surface area contributed by atoms with Crippen molar-refractivity contribution in [3.05, 3.63) is 35.9 Å². The van der Waals surface area contributed by atoms with Gasteiger partial charge in [-0.1, -0.05) is 30.3 Å². The van der Waals surface area contributed by atoms with Gasteiger partial charge >= 0.3 is 12.1 Å². The van der Waals surface area contributed by atoms with Crippen LogP contribution >= 0.6 is 0 Å². The van der Waals surface area contributed by atoms with Crippen molar-refractivity contribution < 1.29 is 57.0 Å². The molecule has 242 valence electrons. The van der Waals surface area contributed by atoms with E-state index < -0.39 is 6.09 Å². The summed E-state index contributed by atoms with van der Waals surface area (Å²) in [4.78, 5) is 22.7. The molecule has 0 heterocycles. The fourth-order valence-corrected chi connectivity index (χ4v) is 3.03. The molecule has 0 bridgehead atoms. The predicted octanol–water partition coefficient (Wildman–Crippen LogP) is 2.00. The first-order valence-corrected chi connectivity index (χ1v) is 14.4. The number of hydrogen-bond acceptors (Lipinski definition) is 12. The van der Waals surface area contributed by atoms with Crippen molar-refractivity contribution >= 4 is 12.1 Å². The van der Waals surface area contributed by atoms with Crippen LogP contribution in [0.3, 0.4) is 0 Å². The zero-order chi connectivity index (χ0) is 30.2. The molecule has 13 nitrogen and oxygen atoms in total. The molecule has 0 saturated carbocycles. The van der Waals surface area contributed by atoms with Crippen molar-refractivity contribution in [2.75, 3.05) is 119 Å². The molecule has 42 heavy (non-hydrogen) atoms. The SMILES string of the molecule is CCOC(=O)CCOCCOCCOCCOCCOCCOCCOCCOCCNC(=O)OCc1ccccc1. The Labute approximate surface area is 249 Å². The Kier molecular flexibility index (Phi) is 27.0. The summed E-state index contributed by atoms with van der Waals surface area (Å²) in [5.41, 5.74) is 0.936. The smallest absolute Gasteiger partial charge is 0.407 e. The Balaban J connectivity index is 1.66. The number of carbonyl (C=O) groups is 2. The second-order valence-electron chi connectivity index (χ2n) is 8.44. The average Bonchev–Trinajstić information content (AvgIpc) is 3.00. The number of rotatable bonds is 30. The van der Waals surface area contributed by atoms with E-state index >= 15 is 0 Å². The lowest BCUT2D eigenvalue weighted by atomic mass is 10.2. The largest absolute Gasteiger partial charge is 0.466 e. The van der Waals surface area contributed by atoms with E-state index in [4.69, 9.17) is 47.4 Å². The standard InChI is InChI=1S/C29H49NO12/c1-2-41-28(31)8-10-33-12-14-35-16-18-37-20-22-39-24-25-40-23-21-38-19-17-36-15-13-34-11-9-30-29(32)42-26-27-6-4-3-5-7-27/h3-7H,2,8-26H2,1H3,(H,30,32). The van der Waals surface area contributed by atoms with Gasteiger partial charge in [0.05, 0.1) is 119 Å². The normalized spacial score (nSPS) is 11.0. The molecular weight excluding hydrogens is 554 g/mol. The lowest BCUT2D eigenvalue weighted by molar-refractivity contribution is -0.144. The van der Waals surface area contributed by atoms with E-state index in [-0.39, 0.29) is 19.0 Å². The number of benzene rings is 1. The van der Waals surface area contributed by atoms with E-state index in [1.54, 1.807) is 6.92 Å². The minimum atomic E-state index is -0.472. The number of amides is 1. The summed E-state index contributed by atoms with van der Waals surface area (Å²) in [5, 5.41) is 2.64. The zero-order valence-electron chi connectivity index (χ0n) is 24.9. The van der Waals surface area contributed by atoms with Crippen LogP contribution in [0.1, 0.15) is 18.9 Å². The first kappa shape index (κ1) is 37.7. The summed E-state index contributed by atoms with van der Waals surface area (Å²) in [7, 11) is 0. The van der Waals surface area contributed by atoms with Crippen LogP contribution in [-0.2, 0) is 58.8 Å². The molecule has 0 atom stereocenters. The zero-order valence-corrected chi connectivity index (χ0v) is 24.9. The van der Waals surface area contributed by atoms with E-state index in [1.165, 1.54) is 0 Å². The highest BCUT2D eigenvalue weighted by Gasteiger charge is 2.02. The molecule has 0 unspecified atom stereocenters. The highest BCUT2D eigenvalue weighted by Crippen LogP contribution is 2.00. The summed E-state index contributed by atoms with van der Waals surface area (Å²) in [6.07, 6.45) is -0.219. The van der Waals surface area contributed by atoms with Crippen LogP contribution in [0.4, 0.5) is 4.79 Å². The molecule has 13 heteroatoms. The molecule has 0 radical (unpaired) electrons. The molecule has 0 aliphatic carbocycles. The fourth-order valence-electron chi connectivity index (χ4n) is 3.03. The Bertz CT molecular complexity index is 741. The van der Waals surface area contributed by atoms with Gasteiger partial charge in [-0.2, -0.15) is 0 Å². The van der Waals surface area contributed by atoms with Crippen molar-refractivity contribution in [3.63, 3.8) is 0 Å². The van der Waals surface area contributed by atoms with E-state index in [0.717, 1.165) is 5.56 Å². The maximum atomic E-state index is 11.6. The maximum absolute atomic E-state index is 11.6. The number of alkyl carbamates (subject to hydrolysis) is 1. The molecule has 1 aromatic carbocycles. The number of hydrogen-bond donors (Lipinski definition) is 1. The third-order valence-electron chi connectivity index (χ3n) is 5.09. The quantitative estimate of drug-likeness (QED) is 0.102. The number of nitrogens with one attached hydrogen (secondary N) is 1. The van der Waals surface area contributed by atoms with Gasteiger partial charge in [0.2, 0.25) is 0 Å². The van der Waals surface area contributed by atoms with Crippen LogP contribution < -0.4 is 5.32 Å². The Morgan fingerprint density at radius 2 is 0.952 bits per heavy atom. The van der Waals surface area contributed by atoms with Crippen LogP contribution in [0.15, 0.2) is 30.3 Å². The number of ether oxygens (including phenoxy) is 10. The highest BCUT2D eigenvalue weighted by molar-refractivity contribution is 5.69. The van der Waals surface area contributed by atoms with Crippen molar-refractivity contribution in [1.82, 2.24) is 5.32 Å². The van der Waals surface area contributed by atoms with Gasteiger partial charge in [0.25, 0.3) is 0 Å². The lowest BCUT2D eigenvalue weighted by Gasteiger charge is -2.09. The maximum Gasteiger partial charge on any atom is 0.407 e. The topological polar surface area (TPSA) is 138 Å². The van der Waals surface area contributed by atoms with Crippen molar-refractivity contribution in [1.29, 1.82) is 0 Å². The Morgan fingerprint density at radius 3 is 1.38 bits per heavy atom. The van der Waals surface area contributed by atoms with Crippen molar-refractivity contribution in [3.8, 4) is 0 Å². The van der Waals surface area contributed by atoms with E-state index in [9.17, 15) is 9.59 Å². The first-order chi connectivity index (χ1) is 20.7. The van der Waals surface area contributed by atoms with Gasteiger partial charge < -0.3 is 52.7 Å². The van der Waals surface area contributed by atoms with Crippen molar-refractivity contribution in [2.45, 2.75) is 20.0 Å². The fraction of sp³-hybridized carbons (Fsp3) is 0.724. The number of esters is 1. The van der Waals surface area contributed by atoms with Gasteiger partial charge in [0.15, 0.2) is 0 Å². The number of carbonyl (C=O) groups excluding carboxylic acids is 2. The average molecular weight is 604 g/mol. The molecule has 1 amide bonds. The van der Waals surface area contributed by atoms with E-state index in [0.29, 0.717) is 119 Å². The molecule has 0 saturated heterocycles. The van der Waals surface area contributed by atoms with Gasteiger partial charge in [-0.25, -0.2) is 4.79 Å². The van der Waals surface area contributed by atoms with Gasteiger partial charge in [-0.3, -0.25) is 4.79 Å². The summed E-state index contributed by atoms with van der Waals surface area (Å²) in [5.74, 6) is -0.255. The van der Waals surface area contributed by atoms with Crippen molar-refractivity contribution in [2.24, 2.45) is 0 Å². The molecular formula is C29H49NO12. The lowest BCUT2D eigenvalue weighted by Crippen LogP contribution is -2.28. The summed E-state index contributed by atoms with van der Waals surface area (Å²) >= 11 is 0. The molecule has 1 N–H and O–H groups in total. The molecule has 0 aliphatic rings. The minimum Gasteiger partial charge on any atom is -0.466 e. The van der Waals surface area contributed by atoms with Crippen LogP contribution in [-0.4, -0.2) is 131 Å². The van der Waals surface area contributed by atoms with Gasteiger partial charge in [0.1, 0.15) is 6.61 Å². The third kappa shape index (κ3) is 26.5. The summed E-state index contributed by atoms with van der Waals surface area (Å²) < 4.78 is 53.2. The third-order valence-corrected chi connectivity index (χ3v) is 5.09. The Morgan fingerprint density at radius 1 is 0.548 bits per heavy atom. The van der Waals surface area contributed by atoms with Crippen LogP contribution in [0.2, 0.25) is 0 Å². The van der Waals surface area contributed by atoms with Crippen LogP contribution in [0, 0.1) is 0 Å². The Hall–Kier alpha value is -2.36. The molecule has 1 aromatic rings. The molecule has 1 rings (SSSR count). The molecule has 0 fully saturated rings. The summed E-state index contributed by atoms with van der Waals surface area (Å²) in [6.45, 7) is 9.97. The highest BCUT2D eigenvalue weighted by atomic mass is 16.6. The summed E-state index contributed by atoms with van der Waals surface area (Å²) in [6, 6.07) is 9.49. The monoisotopic (exact) mass is 603 g/mol. The van der Waals surface area contributed by atoms with E-state index in [1.807, 2.05) is 30.3 Å². The van der Waals surface area contributed by atoms with Gasteiger partial charge in [-0.15, -0.1) is 0 Å². The molecule has 0 aromatic heterocycles.